The molecule has 0 aliphatic rings. The van der Waals surface area contributed by atoms with Crippen molar-refractivity contribution in [2.24, 2.45) is 0 Å². The zero-order valence-corrected chi connectivity index (χ0v) is 18.0. The monoisotopic (exact) mass is 405 g/mol. The number of hydrogen-bond acceptors (Lipinski definition) is 5. The maximum Gasteiger partial charge on any atom is 0.305 e. The third kappa shape index (κ3) is 11.2. The molecule has 162 valence electrons. The molecule has 0 saturated carbocycles. The molecule has 1 aromatic rings. The van der Waals surface area contributed by atoms with Crippen molar-refractivity contribution in [3.8, 4) is 11.5 Å². The molecule has 1 amide bonds. The first-order chi connectivity index (χ1) is 14.1. The minimum absolute atomic E-state index is 0.0922. The predicted molar refractivity (Wildman–Crippen MR) is 115 cm³/mol. The van der Waals surface area contributed by atoms with Gasteiger partial charge < -0.3 is 19.5 Å². The van der Waals surface area contributed by atoms with E-state index in [4.69, 9.17) is 9.47 Å². The second-order valence-corrected chi connectivity index (χ2v) is 6.89. The van der Waals surface area contributed by atoms with Crippen LogP contribution in [0.1, 0.15) is 63.4 Å². The molecule has 1 N–H and O–H groups in total. The lowest BCUT2D eigenvalue weighted by molar-refractivity contribution is -0.140. The zero-order chi connectivity index (χ0) is 21.3. The number of ether oxygens (including phenoxy) is 3. The fraction of sp³-hybridized carbons (Fsp3) is 0.565. The van der Waals surface area contributed by atoms with Crippen molar-refractivity contribution >= 4 is 18.0 Å². The first-order valence-corrected chi connectivity index (χ1v) is 10.4. The van der Waals surface area contributed by atoms with Crippen LogP contribution in [0.25, 0.3) is 6.08 Å². The molecule has 0 aliphatic carbocycles. The summed E-state index contributed by atoms with van der Waals surface area (Å²) in [4.78, 5) is 22.9. The molecule has 6 heteroatoms. The standard InChI is InChI=1S/C23H35NO5/c1-27-20-15-13-19(18-21(20)28-2)14-16-22(25)24-17-11-9-7-5-4-6-8-10-12-23(26)29-3/h13-16,18H,4-12,17H2,1-3H3,(H,24,25). The second kappa shape index (κ2) is 15.4. The Balaban J connectivity index is 2.07. The molecule has 0 unspecified atom stereocenters. The number of nitrogens with one attached hydrogen (secondary N) is 1. The van der Waals surface area contributed by atoms with E-state index >= 15 is 0 Å². The summed E-state index contributed by atoms with van der Waals surface area (Å²) in [5.74, 6) is 1.09. The number of rotatable bonds is 15. The van der Waals surface area contributed by atoms with Crippen LogP contribution in [0.15, 0.2) is 24.3 Å². The number of amides is 1. The van der Waals surface area contributed by atoms with Gasteiger partial charge in [0, 0.05) is 19.0 Å². The van der Waals surface area contributed by atoms with Gasteiger partial charge in [-0.1, -0.05) is 44.6 Å². The lowest BCUT2D eigenvalue weighted by Crippen LogP contribution is -2.21. The number of hydrogen-bond donors (Lipinski definition) is 1. The van der Waals surface area contributed by atoms with Crippen LogP contribution in [0.3, 0.4) is 0 Å². The Kier molecular flexibility index (Phi) is 13.1. The van der Waals surface area contributed by atoms with E-state index in [0.29, 0.717) is 24.5 Å². The van der Waals surface area contributed by atoms with Crippen LogP contribution in [-0.4, -0.2) is 39.8 Å². The molecule has 29 heavy (non-hydrogen) atoms. The molecule has 0 fully saturated rings. The lowest BCUT2D eigenvalue weighted by atomic mass is 10.1. The van der Waals surface area contributed by atoms with E-state index < -0.39 is 0 Å². The van der Waals surface area contributed by atoms with Crippen LogP contribution < -0.4 is 14.8 Å². The number of benzene rings is 1. The summed E-state index contributed by atoms with van der Waals surface area (Å²) < 4.78 is 15.1. The number of methoxy groups -OCH3 is 3. The summed E-state index contributed by atoms with van der Waals surface area (Å²) in [7, 11) is 4.61. The summed E-state index contributed by atoms with van der Waals surface area (Å²) in [5.41, 5.74) is 0.879. The first-order valence-electron chi connectivity index (χ1n) is 10.4. The fourth-order valence-electron chi connectivity index (χ4n) is 2.96. The van der Waals surface area contributed by atoms with Crippen molar-refractivity contribution in [3.05, 3.63) is 29.8 Å². The molecular weight excluding hydrogens is 370 g/mol. The number of carbonyl (C=O) groups excluding carboxylic acids is 2. The van der Waals surface area contributed by atoms with Crippen molar-refractivity contribution < 1.29 is 23.8 Å². The highest BCUT2D eigenvalue weighted by Gasteiger charge is 2.03. The SMILES string of the molecule is COC(=O)CCCCCCCCCCNC(=O)C=Cc1ccc(OC)c(OC)c1. The molecule has 0 heterocycles. The highest BCUT2D eigenvalue weighted by Crippen LogP contribution is 2.27. The van der Waals surface area contributed by atoms with Crippen LogP contribution in [-0.2, 0) is 14.3 Å². The number of unbranched alkanes of at least 4 members (excludes halogenated alkanes) is 7. The molecule has 1 rings (SSSR count). The van der Waals surface area contributed by atoms with Gasteiger partial charge in [0.25, 0.3) is 0 Å². The fourth-order valence-corrected chi connectivity index (χ4v) is 2.96. The largest absolute Gasteiger partial charge is 0.493 e. The van der Waals surface area contributed by atoms with E-state index in [2.05, 4.69) is 10.1 Å². The van der Waals surface area contributed by atoms with Crippen LogP contribution >= 0.6 is 0 Å². The van der Waals surface area contributed by atoms with Gasteiger partial charge >= 0.3 is 5.97 Å². The second-order valence-electron chi connectivity index (χ2n) is 6.89. The van der Waals surface area contributed by atoms with Crippen LogP contribution in [0.5, 0.6) is 11.5 Å². The Morgan fingerprint density at radius 1 is 0.862 bits per heavy atom. The van der Waals surface area contributed by atoms with Crippen LogP contribution in [0.2, 0.25) is 0 Å². The molecule has 1 aromatic carbocycles. The van der Waals surface area contributed by atoms with E-state index in [1.165, 1.54) is 32.4 Å². The van der Waals surface area contributed by atoms with Gasteiger partial charge in [0.2, 0.25) is 5.91 Å². The third-order valence-electron chi connectivity index (χ3n) is 4.67. The number of carbonyl (C=O) groups is 2. The number of esters is 1. The summed E-state index contributed by atoms with van der Waals surface area (Å²) in [5, 5.41) is 2.91. The Bertz CT molecular complexity index is 642. The van der Waals surface area contributed by atoms with Crippen molar-refractivity contribution in [1.82, 2.24) is 5.32 Å². The minimum Gasteiger partial charge on any atom is -0.493 e. The molecule has 0 atom stereocenters. The average Bonchev–Trinajstić information content (AvgIpc) is 2.75. The normalized spacial score (nSPS) is 10.7. The smallest absolute Gasteiger partial charge is 0.305 e. The maximum absolute atomic E-state index is 11.9. The Morgan fingerprint density at radius 3 is 2.10 bits per heavy atom. The van der Waals surface area contributed by atoms with E-state index in [1.807, 2.05) is 18.2 Å². The van der Waals surface area contributed by atoms with Gasteiger partial charge in [-0.2, -0.15) is 0 Å². The first kappa shape index (κ1) is 24.5. The summed E-state index contributed by atoms with van der Waals surface area (Å²) in [6, 6.07) is 5.52. The Morgan fingerprint density at radius 2 is 1.48 bits per heavy atom. The highest BCUT2D eigenvalue weighted by atomic mass is 16.5. The van der Waals surface area contributed by atoms with Gasteiger partial charge in [0.1, 0.15) is 0 Å². The van der Waals surface area contributed by atoms with Gasteiger partial charge in [0.05, 0.1) is 21.3 Å². The third-order valence-corrected chi connectivity index (χ3v) is 4.67. The summed E-state index contributed by atoms with van der Waals surface area (Å²) in [6.45, 7) is 0.689. The lowest BCUT2D eigenvalue weighted by Gasteiger charge is -2.07. The van der Waals surface area contributed by atoms with E-state index in [1.54, 1.807) is 20.3 Å². The highest BCUT2D eigenvalue weighted by molar-refractivity contribution is 5.91. The van der Waals surface area contributed by atoms with Crippen molar-refractivity contribution in [3.63, 3.8) is 0 Å². The van der Waals surface area contributed by atoms with Crippen molar-refractivity contribution in [2.75, 3.05) is 27.9 Å². The van der Waals surface area contributed by atoms with Crippen molar-refractivity contribution in [2.45, 2.75) is 57.8 Å². The molecule has 0 spiro atoms. The minimum atomic E-state index is -0.120. The summed E-state index contributed by atoms with van der Waals surface area (Å²) in [6.07, 6.45) is 12.6. The summed E-state index contributed by atoms with van der Waals surface area (Å²) >= 11 is 0. The van der Waals surface area contributed by atoms with Gasteiger partial charge in [-0.15, -0.1) is 0 Å². The van der Waals surface area contributed by atoms with E-state index in [0.717, 1.165) is 37.7 Å². The Hall–Kier alpha value is -2.50. The van der Waals surface area contributed by atoms with Crippen LogP contribution in [0, 0.1) is 0 Å². The quantitative estimate of drug-likeness (QED) is 0.264. The predicted octanol–water partition coefficient (Wildman–Crippen LogP) is 4.52. The van der Waals surface area contributed by atoms with Gasteiger partial charge in [0.15, 0.2) is 11.5 Å². The van der Waals surface area contributed by atoms with E-state index in [-0.39, 0.29) is 11.9 Å². The van der Waals surface area contributed by atoms with Gasteiger partial charge in [-0.25, -0.2) is 0 Å². The molecule has 0 radical (unpaired) electrons. The van der Waals surface area contributed by atoms with Gasteiger partial charge in [-0.05, 0) is 36.6 Å². The van der Waals surface area contributed by atoms with Crippen LogP contribution in [0.4, 0.5) is 0 Å². The molecule has 0 saturated heterocycles. The molecule has 0 aromatic heterocycles. The zero-order valence-electron chi connectivity index (χ0n) is 18.0. The molecule has 6 nitrogen and oxygen atoms in total. The molecule has 0 aliphatic heterocycles. The van der Waals surface area contributed by atoms with E-state index in [9.17, 15) is 9.59 Å². The topological polar surface area (TPSA) is 73.9 Å². The average molecular weight is 406 g/mol. The van der Waals surface area contributed by atoms with Crippen molar-refractivity contribution in [1.29, 1.82) is 0 Å². The molecule has 0 bridgehead atoms. The maximum atomic E-state index is 11.9. The Labute approximate surface area is 174 Å². The molecular formula is C23H35NO5. The van der Waals surface area contributed by atoms with Gasteiger partial charge in [-0.3, -0.25) is 9.59 Å².